The van der Waals surface area contributed by atoms with Gasteiger partial charge in [0.2, 0.25) is 0 Å². The predicted molar refractivity (Wildman–Crippen MR) is 109 cm³/mol. The molecule has 6 heteroatoms. The van der Waals surface area contributed by atoms with Crippen LogP contribution in [0.15, 0.2) is 70.9 Å². The van der Waals surface area contributed by atoms with Gasteiger partial charge in [0.1, 0.15) is 6.04 Å². The lowest BCUT2D eigenvalue weighted by molar-refractivity contribution is 0.0766. The van der Waals surface area contributed by atoms with Crippen LogP contribution in [0.2, 0.25) is 0 Å². The van der Waals surface area contributed by atoms with E-state index in [0.29, 0.717) is 5.71 Å². The van der Waals surface area contributed by atoms with E-state index < -0.39 is 12.1 Å². The van der Waals surface area contributed by atoms with Crippen LogP contribution in [0, 0.1) is 0 Å². The van der Waals surface area contributed by atoms with Crippen LogP contribution < -0.4 is 0 Å². The highest BCUT2D eigenvalue weighted by molar-refractivity contribution is 6.10. The molecular formula is C22H25N3O3. The Bertz CT molecular complexity index is 861. The summed E-state index contributed by atoms with van der Waals surface area (Å²) in [6.07, 6.45) is -0.965. The van der Waals surface area contributed by atoms with Crippen molar-refractivity contribution in [1.29, 1.82) is 0 Å². The smallest absolute Gasteiger partial charge is 0.419 e. The van der Waals surface area contributed by atoms with E-state index in [4.69, 9.17) is 9.47 Å². The molecule has 0 saturated heterocycles. The minimum absolute atomic E-state index is 0.134. The Labute approximate surface area is 165 Å². The second kappa shape index (κ2) is 8.69. The molecule has 1 atom stereocenters. The Morgan fingerprint density at radius 1 is 0.893 bits per heavy atom. The number of carbonyl (C=O) groups is 1. The van der Waals surface area contributed by atoms with Gasteiger partial charge in [0, 0.05) is 5.56 Å². The Morgan fingerprint density at radius 3 is 2.07 bits per heavy atom. The molecule has 6 nitrogen and oxygen atoms in total. The Morgan fingerprint density at radius 2 is 1.50 bits per heavy atom. The first-order valence-electron chi connectivity index (χ1n) is 9.39. The first-order valence-corrected chi connectivity index (χ1v) is 9.39. The molecule has 0 bridgehead atoms. The van der Waals surface area contributed by atoms with E-state index in [0.717, 1.165) is 11.1 Å². The predicted octanol–water partition coefficient (Wildman–Crippen LogP) is 4.77. The number of amides is 1. The first-order chi connectivity index (χ1) is 13.5. The van der Waals surface area contributed by atoms with E-state index in [1.54, 1.807) is 0 Å². The molecule has 0 aliphatic carbocycles. The fourth-order valence-electron chi connectivity index (χ4n) is 2.93. The molecule has 28 heavy (non-hydrogen) atoms. The highest BCUT2D eigenvalue weighted by atomic mass is 16.6. The Balaban J connectivity index is 2.14. The third-order valence-corrected chi connectivity index (χ3v) is 4.03. The minimum Gasteiger partial charge on any atom is -0.461 e. The third-order valence-electron chi connectivity index (χ3n) is 4.03. The SMILES string of the molecule is CC(C)OC(=O)N1C(OC(C)C)=NN=C(c2ccccc2)C1c1ccccc1. The monoisotopic (exact) mass is 379 g/mol. The topological polar surface area (TPSA) is 63.5 Å². The van der Waals surface area contributed by atoms with Crippen LogP contribution in [0.25, 0.3) is 0 Å². The van der Waals surface area contributed by atoms with Crippen LogP contribution in [0.5, 0.6) is 0 Å². The highest BCUT2D eigenvalue weighted by Gasteiger charge is 2.39. The van der Waals surface area contributed by atoms with Crippen molar-refractivity contribution in [3.05, 3.63) is 71.8 Å². The molecule has 1 heterocycles. The van der Waals surface area contributed by atoms with Crippen molar-refractivity contribution in [2.45, 2.75) is 45.9 Å². The lowest BCUT2D eigenvalue weighted by Gasteiger charge is -2.34. The van der Waals surface area contributed by atoms with Crippen molar-refractivity contribution in [2.75, 3.05) is 0 Å². The highest BCUT2D eigenvalue weighted by Crippen LogP contribution is 2.31. The summed E-state index contributed by atoms with van der Waals surface area (Å²) in [5.74, 6) is 0. The number of hydrogen-bond donors (Lipinski definition) is 0. The van der Waals surface area contributed by atoms with Gasteiger partial charge in [-0.1, -0.05) is 65.8 Å². The first kappa shape index (κ1) is 19.6. The average molecular weight is 379 g/mol. The molecule has 2 aromatic carbocycles. The second-order valence-electron chi connectivity index (χ2n) is 7.02. The van der Waals surface area contributed by atoms with Crippen molar-refractivity contribution in [3.8, 4) is 0 Å². The van der Waals surface area contributed by atoms with Gasteiger partial charge in [0.05, 0.1) is 17.9 Å². The lowest BCUT2D eigenvalue weighted by Crippen LogP contribution is -2.47. The number of carbonyl (C=O) groups excluding carboxylic acids is 1. The van der Waals surface area contributed by atoms with Crippen LogP contribution in [-0.4, -0.2) is 34.9 Å². The van der Waals surface area contributed by atoms with Gasteiger partial charge >= 0.3 is 12.1 Å². The zero-order valence-corrected chi connectivity index (χ0v) is 16.6. The molecule has 0 aromatic heterocycles. The van der Waals surface area contributed by atoms with Crippen LogP contribution in [-0.2, 0) is 9.47 Å². The van der Waals surface area contributed by atoms with Crippen LogP contribution in [0.3, 0.4) is 0 Å². The van der Waals surface area contributed by atoms with E-state index >= 15 is 0 Å². The summed E-state index contributed by atoms with van der Waals surface area (Å²) in [5.41, 5.74) is 2.43. The molecule has 0 spiro atoms. The molecule has 1 unspecified atom stereocenters. The normalized spacial score (nSPS) is 16.6. The van der Waals surface area contributed by atoms with E-state index in [1.165, 1.54) is 4.90 Å². The maximum absolute atomic E-state index is 13.0. The van der Waals surface area contributed by atoms with Gasteiger partial charge in [-0.05, 0) is 33.3 Å². The van der Waals surface area contributed by atoms with Gasteiger partial charge in [-0.15, -0.1) is 5.10 Å². The lowest BCUT2D eigenvalue weighted by atomic mass is 9.95. The maximum Gasteiger partial charge on any atom is 0.419 e. The summed E-state index contributed by atoms with van der Waals surface area (Å²) in [5, 5.41) is 8.65. The largest absolute Gasteiger partial charge is 0.461 e. The summed E-state index contributed by atoms with van der Waals surface area (Å²) in [4.78, 5) is 14.5. The molecular weight excluding hydrogens is 354 g/mol. The number of hydrogen-bond acceptors (Lipinski definition) is 5. The number of nitrogens with zero attached hydrogens (tertiary/aromatic N) is 3. The molecule has 1 aliphatic rings. The van der Waals surface area contributed by atoms with Crippen molar-refractivity contribution in [1.82, 2.24) is 4.90 Å². The quantitative estimate of drug-likeness (QED) is 0.768. The van der Waals surface area contributed by atoms with Gasteiger partial charge in [-0.25, -0.2) is 9.69 Å². The maximum atomic E-state index is 13.0. The Kier molecular flexibility index (Phi) is 6.09. The van der Waals surface area contributed by atoms with Crippen molar-refractivity contribution < 1.29 is 14.3 Å². The average Bonchev–Trinajstić information content (AvgIpc) is 2.68. The van der Waals surface area contributed by atoms with Crippen LogP contribution in [0.1, 0.15) is 44.9 Å². The minimum atomic E-state index is -0.522. The number of benzene rings is 2. The van der Waals surface area contributed by atoms with Crippen LogP contribution in [0.4, 0.5) is 4.79 Å². The Hall–Kier alpha value is -3.15. The van der Waals surface area contributed by atoms with E-state index in [2.05, 4.69) is 10.2 Å². The second-order valence-corrected chi connectivity index (χ2v) is 7.02. The van der Waals surface area contributed by atoms with E-state index in [9.17, 15) is 4.79 Å². The molecule has 3 rings (SSSR count). The van der Waals surface area contributed by atoms with Gasteiger partial charge in [0.25, 0.3) is 0 Å². The van der Waals surface area contributed by atoms with Crippen molar-refractivity contribution in [3.63, 3.8) is 0 Å². The fraction of sp³-hybridized carbons (Fsp3) is 0.318. The summed E-state index contributed by atoms with van der Waals surface area (Å²) < 4.78 is 11.3. The summed E-state index contributed by atoms with van der Waals surface area (Å²) in [7, 11) is 0. The van der Waals surface area contributed by atoms with E-state index in [1.807, 2.05) is 88.4 Å². The van der Waals surface area contributed by atoms with E-state index in [-0.39, 0.29) is 18.2 Å². The zero-order valence-electron chi connectivity index (χ0n) is 16.6. The summed E-state index contributed by atoms with van der Waals surface area (Å²) >= 11 is 0. The van der Waals surface area contributed by atoms with Crippen LogP contribution >= 0.6 is 0 Å². The summed E-state index contributed by atoms with van der Waals surface area (Å²) in [6, 6.07) is 19.0. The fourth-order valence-corrected chi connectivity index (χ4v) is 2.93. The number of ether oxygens (including phenoxy) is 2. The molecule has 0 fully saturated rings. The van der Waals surface area contributed by atoms with Gasteiger partial charge in [-0.3, -0.25) is 0 Å². The molecule has 0 N–H and O–H groups in total. The molecule has 0 saturated carbocycles. The molecule has 1 amide bonds. The number of rotatable bonds is 4. The molecule has 1 aliphatic heterocycles. The van der Waals surface area contributed by atoms with Gasteiger partial charge in [-0.2, -0.15) is 0 Å². The van der Waals surface area contributed by atoms with Crippen molar-refractivity contribution >= 4 is 17.8 Å². The molecule has 2 aromatic rings. The third kappa shape index (κ3) is 4.39. The van der Waals surface area contributed by atoms with Gasteiger partial charge < -0.3 is 9.47 Å². The zero-order chi connectivity index (χ0) is 20.1. The van der Waals surface area contributed by atoms with Crippen molar-refractivity contribution in [2.24, 2.45) is 10.2 Å². The molecule has 146 valence electrons. The number of amidine groups is 1. The van der Waals surface area contributed by atoms with Gasteiger partial charge in [0.15, 0.2) is 0 Å². The standard InChI is InChI=1S/C22H25N3O3/c1-15(2)27-21-24-23-19(17-11-7-5-8-12-17)20(18-13-9-6-10-14-18)25(21)22(26)28-16(3)4/h5-16,20H,1-4H3. The molecule has 0 radical (unpaired) electrons. The summed E-state index contributed by atoms with van der Waals surface area (Å²) in [6.45, 7) is 7.38.